The van der Waals surface area contributed by atoms with Crippen LogP contribution in [-0.4, -0.2) is 30.0 Å². The number of nitrogens with zero attached hydrogens (tertiary/aromatic N) is 2. The quantitative estimate of drug-likeness (QED) is 0.358. The second kappa shape index (κ2) is 11.2. The van der Waals surface area contributed by atoms with Crippen LogP contribution in [0.1, 0.15) is 30.4 Å². The number of pyridine rings is 1. The number of benzene rings is 3. The highest BCUT2D eigenvalue weighted by Gasteiger charge is 2.19. The molecule has 0 radical (unpaired) electrons. The van der Waals surface area contributed by atoms with Crippen molar-refractivity contribution in [2.75, 3.05) is 23.3 Å². The molecule has 5 heteroatoms. The summed E-state index contributed by atoms with van der Waals surface area (Å²) in [6.45, 7) is 2.94. The molecule has 0 atom stereocenters. The molecule has 3 aromatic carbocycles. The van der Waals surface area contributed by atoms with Gasteiger partial charge in [0.05, 0.1) is 5.52 Å². The lowest BCUT2D eigenvalue weighted by atomic mass is 10.0. The molecule has 2 heterocycles. The topological polar surface area (TPSA) is 57.3 Å². The van der Waals surface area contributed by atoms with Crippen LogP contribution in [0.3, 0.4) is 0 Å². The summed E-state index contributed by atoms with van der Waals surface area (Å²) >= 11 is 0. The van der Waals surface area contributed by atoms with Crippen LogP contribution >= 0.6 is 0 Å². The van der Waals surface area contributed by atoms with Gasteiger partial charge in [-0.15, -0.1) is 0 Å². The zero-order chi connectivity index (χ0) is 23.9. The van der Waals surface area contributed by atoms with Gasteiger partial charge < -0.3 is 15.5 Å². The van der Waals surface area contributed by atoms with Crippen LogP contribution in [0.25, 0.3) is 10.9 Å². The van der Waals surface area contributed by atoms with E-state index in [4.69, 9.17) is 0 Å². The maximum absolute atomic E-state index is 12.3. The lowest BCUT2D eigenvalue weighted by molar-refractivity contribution is -0.116. The van der Waals surface area contributed by atoms with Crippen molar-refractivity contribution in [1.29, 1.82) is 0 Å². The fraction of sp³-hybridized carbons (Fsp3) is 0.267. The van der Waals surface area contributed by atoms with Crippen molar-refractivity contribution in [3.8, 4) is 0 Å². The number of amides is 1. The Morgan fingerprint density at radius 2 is 1.69 bits per heavy atom. The molecular weight excluding hydrogens is 432 g/mol. The summed E-state index contributed by atoms with van der Waals surface area (Å²) in [5, 5.41) is 7.95. The number of carbonyl (C=O) groups is 1. The summed E-state index contributed by atoms with van der Waals surface area (Å²) in [6.07, 6.45) is 5.32. The number of hydrogen-bond donors (Lipinski definition) is 2. The van der Waals surface area contributed by atoms with Gasteiger partial charge in [0.15, 0.2) is 0 Å². The van der Waals surface area contributed by atoms with Crippen molar-refractivity contribution in [1.82, 2.24) is 10.3 Å². The summed E-state index contributed by atoms with van der Waals surface area (Å²) < 4.78 is 0. The van der Waals surface area contributed by atoms with Gasteiger partial charge in [-0.25, -0.2) is 0 Å². The van der Waals surface area contributed by atoms with Gasteiger partial charge >= 0.3 is 0 Å². The van der Waals surface area contributed by atoms with Gasteiger partial charge in [0.1, 0.15) is 0 Å². The monoisotopic (exact) mass is 464 g/mol. The predicted molar refractivity (Wildman–Crippen MR) is 144 cm³/mol. The van der Waals surface area contributed by atoms with Crippen molar-refractivity contribution < 1.29 is 4.79 Å². The largest absolute Gasteiger partial charge is 0.371 e. The lowest BCUT2D eigenvalue weighted by Crippen LogP contribution is -2.42. The first kappa shape index (κ1) is 23.1. The number of anilines is 2. The van der Waals surface area contributed by atoms with Crippen LogP contribution in [0.4, 0.5) is 11.4 Å². The van der Waals surface area contributed by atoms with E-state index in [9.17, 15) is 4.79 Å². The van der Waals surface area contributed by atoms with Gasteiger partial charge in [0, 0.05) is 55.1 Å². The lowest BCUT2D eigenvalue weighted by Gasteiger charge is -2.34. The van der Waals surface area contributed by atoms with Crippen LogP contribution in [-0.2, 0) is 17.8 Å². The van der Waals surface area contributed by atoms with E-state index in [1.807, 2.05) is 42.6 Å². The Balaban J connectivity index is 1.06. The fourth-order valence-electron chi connectivity index (χ4n) is 4.72. The molecule has 1 aromatic heterocycles. The third-order valence-electron chi connectivity index (χ3n) is 6.76. The molecule has 4 aromatic rings. The zero-order valence-electron chi connectivity index (χ0n) is 20.0. The van der Waals surface area contributed by atoms with Crippen LogP contribution in [0, 0.1) is 0 Å². The van der Waals surface area contributed by atoms with Crippen LogP contribution in [0.15, 0.2) is 91.1 Å². The minimum absolute atomic E-state index is 0.0520. The van der Waals surface area contributed by atoms with E-state index < -0.39 is 0 Å². The molecule has 0 saturated carbocycles. The summed E-state index contributed by atoms with van der Waals surface area (Å²) in [5.41, 5.74) is 5.60. The summed E-state index contributed by atoms with van der Waals surface area (Å²) in [4.78, 5) is 19.1. The van der Waals surface area contributed by atoms with E-state index >= 15 is 0 Å². The number of aromatic nitrogens is 1. The fourth-order valence-corrected chi connectivity index (χ4v) is 4.72. The Morgan fingerprint density at radius 3 is 2.49 bits per heavy atom. The van der Waals surface area contributed by atoms with Crippen molar-refractivity contribution in [3.05, 3.63) is 102 Å². The number of hydrogen-bond acceptors (Lipinski definition) is 4. The number of piperidine rings is 1. The van der Waals surface area contributed by atoms with E-state index in [-0.39, 0.29) is 5.91 Å². The van der Waals surface area contributed by atoms with Crippen molar-refractivity contribution in [2.45, 2.75) is 38.3 Å². The van der Waals surface area contributed by atoms with E-state index in [0.29, 0.717) is 12.5 Å². The number of aryl methyl sites for hydroxylation is 1. The maximum Gasteiger partial charge on any atom is 0.224 e. The van der Waals surface area contributed by atoms with E-state index in [1.165, 1.54) is 22.2 Å². The highest BCUT2D eigenvalue weighted by atomic mass is 16.1. The van der Waals surface area contributed by atoms with Crippen LogP contribution in [0.2, 0.25) is 0 Å². The first-order valence-electron chi connectivity index (χ1n) is 12.5. The van der Waals surface area contributed by atoms with Gasteiger partial charge in [0.25, 0.3) is 0 Å². The Bertz CT molecular complexity index is 1250. The summed E-state index contributed by atoms with van der Waals surface area (Å²) in [7, 11) is 0. The first-order chi connectivity index (χ1) is 17.2. The predicted octanol–water partition coefficient (Wildman–Crippen LogP) is 5.56. The number of carbonyl (C=O) groups excluding carboxylic acids is 1. The smallest absolute Gasteiger partial charge is 0.224 e. The second-order valence-corrected chi connectivity index (χ2v) is 9.25. The standard InChI is InChI=1S/C30H32N4O/c35-30(15-9-23-5-2-1-3-6-23)33-27-10-12-28(13-11-27)34-19-16-26(17-20-34)32-22-24-8-14-29-25(21-24)7-4-18-31-29/h1-8,10-14,18,21,26,32H,9,15-17,19-20,22H2,(H,33,35). The van der Waals surface area contributed by atoms with Gasteiger partial charge in [0.2, 0.25) is 5.91 Å². The Labute approximate surface area is 207 Å². The van der Waals surface area contributed by atoms with Crippen LogP contribution in [0.5, 0.6) is 0 Å². The Morgan fingerprint density at radius 1 is 0.886 bits per heavy atom. The van der Waals surface area contributed by atoms with Crippen LogP contribution < -0.4 is 15.5 Å². The first-order valence-corrected chi connectivity index (χ1v) is 12.5. The van der Waals surface area contributed by atoms with Gasteiger partial charge in [-0.1, -0.05) is 42.5 Å². The molecule has 0 unspecified atom stereocenters. The Kier molecular flexibility index (Phi) is 7.35. The van der Waals surface area contributed by atoms with Gasteiger partial charge in [-0.3, -0.25) is 9.78 Å². The van der Waals surface area contributed by atoms with Crippen molar-refractivity contribution >= 4 is 28.2 Å². The molecule has 1 amide bonds. The number of rotatable bonds is 8. The second-order valence-electron chi connectivity index (χ2n) is 9.25. The highest BCUT2D eigenvalue weighted by molar-refractivity contribution is 5.91. The average Bonchev–Trinajstić information content (AvgIpc) is 2.92. The van der Waals surface area contributed by atoms with Crippen molar-refractivity contribution in [3.63, 3.8) is 0 Å². The zero-order valence-corrected chi connectivity index (χ0v) is 20.0. The third-order valence-corrected chi connectivity index (χ3v) is 6.76. The molecule has 0 bridgehead atoms. The Hall–Kier alpha value is -3.70. The molecule has 178 valence electrons. The minimum Gasteiger partial charge on any atom is -0.371 e. The van der Waals surface area contributed by atoms with E-state index in [2.05, 4.69) is 69.0 Å². The number of nitrogens with one attached hydrogen (secondary N) is 2. The average molecular weight is 465 g/mol. The van der Waals surface area contributed by atoms with E-state index in [1.54, 1.807) is 0 Å². The van der Waals surface area contributed by atoms with Gasteiger partial charge in [-0.05, 0) is 72.9 Å². The van der Waals surface area contributed by atoms with Crippen molar-refractivity contribution in [2.24, 2.45) is 0 Å². The number of fused-ring (bicyclic) bond motifs is 1. The molecule has 1 saturated heterocycles. The third kappa shape index (κ3) is 6.25. The highest BCUT2D eigenvalue weighted by Crippen LogP contribution is 2.23. The molecule has 0 spiro atoms. The molecule has 5 rings (SSSR count). The van der Waals surface area contributed by atoms with Gasteiger partial charge in [-0.2, -0.15) is 0 Å². The molecule has 2 N–H and O–H groups in total. The molecule has 1 aliphatic rings. The normalized spacial score (nSPS) is 14.2. The molecule has 5 nitrogen and oxygen atoms in total. The molecule has 1 aliphatic heterocycles. The SMILES string of the molecule is O=C(CCc1ccccc1)Nc1ccc(N2CCC(NCc3ccc4ncccc4c3)CC2)cc1. The molecule has 35 heavy (non-hydrogen) atoms. The van der Waals surface area contributed by atoms with E-state index in [0.717, 1.165) is 50.1 Å². The molecular formula is C30H32N4O. The minimum atomic E-state index is 0.0520. The molecule has 1 fully saturated rings. The summed E-state index contributed by atoms with van der Waals surface area (Å²) in [6, 6.07) is 29.5. The summed E-state index contributed by atoms with van der Waals surface area (Å²) in [5.74, 6) is 0.0520. The maximum atomic E-state index is 12.3. The molecule has 0 aliphatic carbocycles.